The van der Waals surface area contributed by atoms with Gasteiger partial charge in [0.05, 0.1) is 5.56 Å². The first-order valence-electron chi connectivity index (χ1n) is 5.28. The van der Waals surface area contributed by atoms with Gasteiger partial charge in [-0.2, -0.15) is 0 Å². The van der Waals surface area contributed by atoms with Crippen molar-refractivity contribution in [3.05, 3.63) is 53.3 Å². The minimum absolute atomic E-state index is 0.113. The molecule has 92 valence electrons. The van der Waals surface area contributed by atoms with Crippen molar-refractivity contribution in [3.8, 4) is 16.9 Å². The third-order valence-electron chi connectivity index (χ3n) is 2.68. The highest BCUT2D eigenvalue weighted by Gasteiger charge is 2.09. The number of alkyl halides is 1. The molecule has 0 atom stereocenters. The first-order chi connectivity index (χ1) is 8.65. The number of halogens is 2. The zero-order valence-electron chi connectivity index (χ0n) is 9.36. The Hall–Kier alpha value is -2.23. The number of carbonyl (C=O) groups excluding carboxylic acids is 1. The van der Waals surface area contributed by atoms with Crippen LogP contribution >= 0.6 is 0 Å². The predicted molar refractivity (Wildman–Crippen MR) is 63.7 cm³/mol. The van der Waals surface area contributed by atoms with E-state index in [1.54, 1.807) is 6.07 Å². The van der Waals surface area contributed by atoms with E-state index in [-0.39, 0.29) is 16.9 Å². The summed E-state index contributed by atoms with van der Waals surface area (Å²) in [6, 6.07) is 8.13. The molecular formula is C14H10F2O2. The monoisotopic (exact) mass is 248 g/mol. The van der Waals surface area contributed by atoms with Gasteiger partial charge in [0.2, 0.25) is 0 Å². The number of phenolic OH excluding ortho intramolecular Hbond substituents is 1. The Morgan fingerprint density at radius 1 is 1.17 bits per heavy atom. The Balaban J connectivity index is 2.58. The molecule has 2 nitrogen and oxygen atoms in total. The highest BCUT2D eigenvalue weighted by molar-refractivity contribution is 5.83. The van der Waals surface area contributed by atoms with Crippen LogP contribution in [-0.4, -0.2) is 11.4 Å². The fourth-order valence-electron chi connectivity index (χ4n) is 1.77. The molecule has 0 amide bonds. The van der Waals surface area contributed by atoms with E-state index in [1.165, 1.54) is 24.3 Å². The van der Waals surface area contributed by atoms with Crippen molar-refractivity contribution in [3.63, 3.8) is 0 Å². The summed E-state index contributed by atoms with van der Waals surface area (Å²) >= 11 is 0. The number of aromatic hydroxyl groups is 1. The molecule has 0 aliphatic heterocycles. The van der Waals surface area contributed by atoms with E-state index >= 15 is 0 Å². The summed E-state index contributed by atoms with van der Waals surface area (Å²) in [6.45, 7) is -0.801. The molecule has 2 aromatic carbocycles. The lowest BCUT2D eigenvalue weighted by Gasteiger charge is -2.08. The normalized spacial score (nSPS) is 10.3. The molecule has 0 saturated carbocycles. The van der Waals surface area contributed by atoms with Crippen LogP contribution in [0.5, 0.6) is 5.75 Å². The van der Waals surface area contributed by atoms with Gasteiger partial charge in [-0.25, -0.2) is 8.78 Å². The van der Waals surface area contributed by atoms with Crippen LogP contribution in [0.2, 0.25) is 0 Å². The summed E-state index contributed by atoms with van der Waals surface area (Å²) < 4.78 is 25.8. The molecule has 1 N–H and O–H groups in total. The van der Waals surface area contributed by atoms with Crippen LogP contribution in [0.4, 0.5) is 8.78 Å². The molecule has 2 aromatic rings. The molecule has 0 unspecified atom stereocenters. The first kappa shape index (κ1) is 12.2. The molecular weight excluding hydrogens is 238 g/mol. The van der Waals surface area contributed by atoms with Crippen LogP contribution < -0.4 is 0 Å². The quantitative estimate of drug-likeness (QED) is 0.844. The largest absolute Gasteiger partial charge is 0.507 e. The van der Waals surface area contributed by atoms with Crippen molar-refractivity contribution in [2.24, 2.45) is 0 Å². The van der Waals surface area contributed by atoms with Crippen molar-refractivity contribution < 1.29 is 18.7 Å². The molecule has 0 aromatic heterocycles. The fourth-order valence-corrected chi connectivity index (χ4v) is 1.77. The fraction of sp³-hybridized carbons (Fsp3) is 0.0714. The lowest BCUT2D eigenvalue weighted by molar-refractivity contribution is 0.112. The van der Waals surface area contributed by atoms with Gasteiger partial charge < -0.3 is 5.11 Å². The molecule has 4 heteroatoms. The third kappa shape index (κ3) is 2.22. The maximum absolute atomic E-state index is 13.0. The highest BCUT2D eigenvalue weighted by atomic mass is 19.1. The molecule has 0 aliphatic carbocycles. The number of hydrogen-bond donors (Lipinski definition) is 1. The van der Waals surface area contributed by atoms with Gasteiger partial charge in [0.25, 0.3) is 0 Å². The van der Waals surface area contributed by atoms with Gasteiger partial charge >= 0.3 is 0 Å². The minimum atomic E-state index is -0.801. The van der Waals surface area contributed by atoms with Crippen LogP contribution in [0.3, 0.4) is 0 Å². The smallest absolute Gasteiger partial charge is 0.153 e. The Bertz CT molecular complexity index is 594. The number of aldehydes is 1. The molecule has 2 rings (SSSR count). The van der Waals surface area contributed by atoms with Crippen LogP contribution in [-0.2, 0) is 6.67 Å². The number of hydrogen-bond acceptors (Lipinski definition) is 2. The van der Waals surface area contributed by atoms with E-state index in [4.69, 9.17) is 0 Å². The van der Waals surface area contributed by atoms with E-state index in [1.807, 2.05) is 0 Å². The lowest BCUT2D eigenvalue weighted by Crippen LogP contribution is -1.90. The highest BCUT2D eigenvalue weighted by Crippen LogP contribution is 2.28. The zero-order chi connectivity index (χ0) is 13.1. The van der Waals surface area contributed by atoms with Crippen molar-refractivity contribution in [2.45, 2.75) is 6.67 Å². The molecule has 18 heavy (non-hydrogen) atoms. The summed E-state index contributed by atoms with van der Waals surface area (Å²) in [5.74, 6) is -0.654. The van der Waals surface area contributed by atoms with Crippen molar-refractivity contribution in [1.82, 2.24) is 0 Å². The van der Waals surface area contributed by atoms with Crippen LogP contribution in [0, 0.1) is 5.82 Å². The summed E-state index contributed by atoms with van der Waals surface area (Å²) in [4.78, 5) is 10.7. The summed E-state index contributed by atoms with van der Waals surface area (Å²) in [7, 11) is 0. The van der Waals surface area contributed by atoms with Crippen molar-refractivity contribution in [1.29, 1.82) is 0 Å². The van der Waals surface area contributed by atoms with Crippen molar-refractivity contribution >= 4 is 6.29 Å². The summed E-state index contributed by atoms with van der Waals surface area (Å²) in [5.41, 5.74) is 1.38. The van der Waals surface area contributed by atoms with E-state index in [0.29, 0.717) is 17.4 Å². The van der Waals surface area contributed by atoms with Crippen molar-refractivity contribution in [2.75, 3.05) is 0 Å². The SMILES string of the molecule is O=Cc1cc(-c2ccc(F)cc2CF)ccc1O. The second-order valence-corrected chi connectivity index (χ2v) is 3.83. The van der Waals surface area contributed by atoms with E-state index in [9.17, 15) is 18.7 Å². The number of phenols is 1. The summed E-state index contributed by atoms with van der Waals surface area (Å²) in [6.07, 6.45) is 0.511. The molecule has 0 aliphatic rings. The van der Waals surface area contributed by atoms with Gasteiger partial charge in [-0.15, -0.1) is 0 Å². The Labute approximate surface area is 103 Å². The number of benzene rings is 2. The molecule has 0 radical (unpaired) electrons. The maximum Gasteiger partial charge on any atom is 0.153 e. The van der Waals surface area contributed by atoms with Gasteiger partial charge in [-0.1, -0.05) is 12.1 Å². The lowest BCUT2D eigenvalue weighted by atomic mass is 9.98. The van der Waals surface area contributed by atoms with Gasteiger partial charge in [0.15, 0.2) is 6.29 Å². The first-order valence-corrected chi connectivity index (χ1v) is 5.28. The Kier molecular flexibility index (Phi) is 3.37. The van der Waals surface area contributed by atoms with Gasteiger partial charge in [0.1, 0.15) is 18.2 Å². The molecule has 0 spiro atoms. The molecule has 0 saturated heterocycles. The Morgan fingerprint density at radius 2 is 1.94 bits per heavy atom. The molecule has 0 heterocycles. The maximum atomic E-state index is 13.0. The average Bonchev–Trinajstić information content (AvgIpc) is 2.39. The molecule has 0 fully saturated rings. The summed E-state index contributed by atoms with van der Waals surface area (Å²) in [5, 5.41) is 9.39. The second kappa shape index (κ2) is 4.96. The number of rotatable bonds is 3. The van der Waals surface area contributed by atoms with E-state index in [0.717, 1.165) is 6.07 Å². The van der Waals surface area contributed by atoms with Gasteiger partial charge in [-0.05, 0) is 41.0 Å². The molecule has 0 bridgehead atoms. The second-order valence-electron chi connectivity index (χ2n) is 3.83. The standard InChI is InChI=1S/C14H10F2O2/c15-7-10-6-12(16)2-3-13(10)9-1-4-14(18)11(5-9)8-17/h1-6,8,18H,7H2. The predicted octanol–water partition coefficient (Wildman–Crippen LogP) is 3.48. The average molecular weight is 248 g/mol. The van der Waals surface area contributed by atoms with Crippen LogP contribution in [0.25, 0.3) is 11.1 Å². The van der Waals surface area contributed by atoms with Crippen LogP contribution in [0.1, 0.15) is 15.9 Å². The third-order valence-corrected chi connectivity index (χ3v) is 2.68. The Morgan fingerprint density at radius 3 is 2.61 bits per heavy atom. The number of carbonyl (C=O) groups is 1. The van der Waals surface area contributed by atoms with Gasteiger partial charge in [-0.3, -0.25) is 4.79 Å². The zero-order valence-corrected chi connectivity index (χ0v) is 9.36. The van der Waals surface area contributed by atoms with Crippen LogP contribution in [0.15, 0.2) is 36.4 Å². The van der Waals surface area contributed by atoms with E-state index < -0.39 is 12.5 Å². The topological polar surface area (TPSA) is 37.3 Å². The van der Waals surface area contributed by atoms with Gasteiger partial charge in [0, 0.05) is 0 Å². The van der Waals surface area contributed by atoms with E-state index in [2.05, 4.69) is 0 Å². The minimum Gasteiger partial charge on any atom is -0.507 e.